The molecule has 0 spiro atoms. The minimum atomic E-state index is 0.187. The Morgan fingerprint density at radius 3 is 2.00 bits per heavy atom. The first-order valence-corrected chi connectivity index (χ1v) is 8.41. The molecule has 1 aromatic carbocycles. The molecule has 0 bridgehead atoms. The summed E-state index contributed by atoms with van der Waals surface area (Å²) < 4.78 is 0. The van der Waals surface area contributed by atoms with Crippen molar-refractivity contribution in [1.29, 1.82) is 0 Å². The lowest BCUT2D eigenvalue weighted by molar-refractivity contribution is 0.0729. The van der Waals surface area contributed by atoms with Gasteiger partial charge < -0.3 is 5.32 Å². The van der Waals surface area contributed by atoms with Gasteiger partial charge in [0.1, 0.15) is 0 Å². The van der Waals surface area contributed by atoms with Gasteiger partial charge >= 0.3 is 0 Å². The summed E-state index contributed by atoms with van der Waals surface area (Å²) in [7, 11) is 2.11. The summed E-state index contributed by atoms with van der Waals surface area (Å²) in [5.74, 6) is 0. The van der Waals surface area contributed by atoms with Gasteiger partial charge in [-0.3, -0.25) is 4.90 Å². The lowest BCUT2D eigenvalue weighted by Crippen LogP contribution is -2.59. The minimum absolute atomic E-state index is 0.187. The maximum absolute atomic E-state index is 3.60. The summed E-state index contributed by atoms with van der Waals surface area (Å²) in [6, 6.07) is 7.08. The van der Waals surface area contributed by atoms with Crippen molar-refractivity contribution in [2.24, 2.45) is 0 Å². The molecule has 0 saturated carbocycles. The van der Waals surface area contributed by atoms with Gasteiger partial charge in [0.2, 0.25) is 0 Å². The molecule has 1 N–H and O–H groups in total. The average Bonchev–Trinajstić information content (AvgIpc) is 2.48. The fraction of sp³-hybridized carbons (Fsp3) is 0.684. The second-order valence-electron chi connectivity index (χ2n) is 6.30. The second-order valence-corrected chi connectivity index (χ2v) is 6.30. The maximum Gasteiger partial charge on any atom is 0.0334 e. The third-order valence-corrected chi connectivity index (χ3v) is 5.35. The molecule has 21 heavy (non-hydrogen) atoms. The lowest BCUT2D eigenvalue weighted by Gasteiger charge is -2.46. The van der Waals surface area contributed by atoms with Crippen molar-refractivity contribution < 1.29 is 0 Å². The van der Waals surface area contributed by atoms with E-state index in [2.05, 4.69) is 77.0 Å². The van der Waals surface area contributed by atoms with E-state index in [-0.39, 0.29) is 5.54 Å². The molecule has 0 aliphatic heterocycles. The SMILES string of the molecule is CCN(CC)C(C)(CC)C(Cc1c(C)cccc1C)NC. The van der Waals surface area contributed by atoms with Crippen LogP contribution in [0.4, 0.5) is 0 Å². The minimum Gasteiger partial charge on any atom is -0.315 e. The van der Waals surface area contributed by atoms with Crippen molar-refractivity contribution in [2.45, 2.75) is 66.0 Å². The first-order chi connectivity index (χ1) is 9.94. The number of hydrogen-bond donors (Lipinski definition) is 1. The highest BCUT2D eigenvalue weighted by molar-refractivity contribution is 5.34. The Kier molecular flexibility index (Phi) is 6.89. The Hall–Kier alpha value is -0.860. The Morgan fingerprint density at radius 1 is 1.10 bits per heavy atom. The second kappa shape index (κ2) is 7.95. The predicted octanol–water partition coefficient (Wildman–Crippen LogP) is 3.94. The summed E-state index contributed by atoms with van der Waals surface area (Å²) in [6.07, 6.45) is 2.25. The summed E-state index contributed by atoms with van der Waals surface area (Å²) in [6.45, 7) is 15.9. The zero-order chi connectivity index (χ0) is 16.0. The largest absolute Gasteiger partial charge is 0.315 e. The Labute approximate surface area is 131 Å². The molecule has 120 valence electrons. The smallest absolute Gasteiger partial charge is 0.0334 e. The van der Waals surface area contributed by atoms with Crippen LogP contribution in [0, 0.1) is 13.8 Å². The first kappa shape index (κ1) is 18.2. The summed E-state index contributed by atoms with van der Waals surface area (Å²) in [5.41, 5.74) is 4.51. The third kappa shape index (κ3) is 3.87. The molecule has 0 heterocycles. The van der Waals surface area contributed by atoms with Gasteiger partial charge in [-0.25, -0.2) is 0 Å². The summed E-state index contributed by atoms with van der Waals surface area (Å²) in [4.78, 5) is 2.60. The normalized spacial score (nSPS) is 16.0. The molecule has 0 amide bonds. The highest BCUT2D eigenvalue weighted by Crippen LogP contribution is 2.27. The van der Waals surface area contributed by atoms with Crippen LogP contribution in [0.1, 0.15) is 50.8 Å². The molecule has 0 aliphatic carbocycles. The van der Waals surface area contributed by atoms with Crippen LogP contribution in [-0.2, 0) is 6.42 Å². The lowest BCUT2D eigenvalue weighted by atomic mass is 9.82. The van der Waals surface area contributed by atoms with Gasteiger partial charge in [-0.1, -0.05) is 39.0 Å². The van der Waals surface area contributed by atoms with Crippen molar-refractivity contribution in [3.8, 4) is 0 Å². The Balaban J connectivity index is 3.11. The van der Waals surface area contributed by atoms with Crippen LogP contribution in [-0.4, -0.2) is 36.6 Å². The van der Waals surface area contributed by atoms with Gasteiger partial charge in [-0.05, 0) is 70.4 Å². The number of benzene rings is 1. The van der Waals surface area contributed by atoms with Crippen LogP contribution < -0.4 is 5.32 Å². The van der Waals surface area contributed by atoms with Crippen LogP contribution in [0.2, 0.25) is 0 Å². The number of nitrogens with one attached hydrogen (secondary N) is 1. The molecule has 0 fully saturated rings. The molecular formula is C19H34N2. The Bertz CT molecular complexity index is 417. The average molecular weight is 290 g/mol. The highest BCUT2D eigenvalue weighted by Gasteiger charge is 2.36. The van der Waals surface area contributed by atoms with Gasteiger partial charge in [0, 0.05) is 11.6 Å². The number of nitrogens with zero attached hydrogens (tertiary/aromatic N) is 1. The van der Waals surface area contributed by atoms with Gasteiger partial charge in [-0.15, -0.1) is 0 Å². The Morgan fingerprint density at radius 2 is 1.62 bits per heavy atom. The van der Waals surface area contributed by atoms with Gasteiger partial charge in [-0.2, -0.15) is 0 Å². The van der Waals surface area contributed by atoms with Crippen LogP contribution in [0.3, 0.4) is 0 Å². The monoisotopic (exact) mass is 290 g/mol. The van der Waals surface area contributed by atoms with Crippen molar-refractivity contribution in [3.05, 3.63) is 34.9 Å². The van der Waals surface area contributed by atoms with Crippen LogP contribution in [0.15, 0.2) is 18.2 Å². The van der Waals surface area contributed by atoms with Crippen LogP contribution in [0.5, 0.6) is 0 Å². The molecule has 0 aliphatic rings. The van der Waals surface area contributed by atoms with E-state index in [1.54, 1.807) is 0 Å². The molecule has 2 atom stereocenters. The fourth-order valence-electron chi connectivity index (χ4n) is 3.64. The summed E-state index contributed by atoms with van der Waals surface area (Å²) >= 11 is 0. The zero-order valence-corrected chi connectivity index (χ0v) is 15.1. The van der Waals surface area contributed by atoms with E-state index in [1.165, 1.54) is 16.7 Å². The molecule has 1 rings (SSSR count). The van der Waals surface area contributed by atoms with E-state index in [4.69, 9.17) is 0 Å². The fourth-order valence-corrected chi connectivity index (χ4v) is 3.64. The molecule has 1 aromatic rings. The van der Waals surface area contributed by atoms with Crippen molar-refractivity contribution in [1.82, 2.24) is 10.2 Å². The van der Waals surface area contributed by atoms with Crippen molar-refractivity contribution in [2.75, 3.05) is 20.1 Å². The van der Waals surface area contributed by atoms with Crippen LogP contribution in [0.25, 0.3) is 0 Å². The highest BCUT2D eigenvalue weighted by atomic mass is 15.2. The number of aryl methyl sites for hydroxylation is 2. The molecule has 2 unspecified atom stereocenters. The molecule has 0 radical (unpaired) electrons. The zero-order valence-electron chi connectivity index (χ0n) is 15.1. The van der Waals surface area contributed by atoms with E-state index in [0.29, 0.717) is 6.04 Å². The molecule has 2 heteroatoms. The van der Waals surface area contributed by atoms with E-state index in [9.17, 15) is 0 Å². The number of likely N-dealkylation sites (N-methyl/N-ethyl adjacent to an activating group) is 2. The topological polar surface area (TPSA) is 15.3 Å². The van der Waals surface area contributed by atoms with E-state index in [1.807, 2.05) is 0 Å². The summed E-state index contributed by atoms with van der Waals surface area (Å²) in [5, 5.41) is 3.60. The van der Waals surface area contributed by atoms with Gasteiger partial charge in [0.25, 0.3) is 0 Å². The standard InChI is InChI=1S/C19H34N2/c1-8-19(6,21(9-2)10-3)18(20-7)14-17-15(4)12-11-13-16(17)5/h11-13,18,20H,8-10,14H2,1-7H3. The number of hydrogen-bond acceptors (Lipinski definition) is 2. The van der Waals surface area contributed by atoms with Gasteiger partial charge in [0.15, 0.2) is 0 Å². The molecule has 0 saturated heterocycles. The van der Waals surface area contributed by atoms with E-state index >= 15 is 0 Å². The number of rotatable bonds is 8. The quantitative estimate of drug-likeness (QED) is 0.780. The van der Waals surface area contributed by atoms with E-state index < -0.39 is 0 Å². The van der Waals surface area contributed by atoms with Gasteiger partial charge in [0.05, 0.1) is 0 Å². The van der Waals surface area contributed by atoms with Crippen molar-refractivity contribution in [3.63, 3.8) is 0 Å². The third-order valence-electron chi connectivity index (χ3n) is 5.35. The molecule has 0 aromatic heterocycles. The first-order valence-electron chi connectivity index (χ1n) is 8.41. The van der Waals surface area contributed by atoms with Crippen molar-refractivity contribution >= 4 is 0 Å². The van der Waals surface area contributed by atoms with Crippen LogP contribution >= 0.6 is 0 Å². The predicted molar refractivity (Wildman–Crippen MR) is 94.1 cm³/mol. The molecule has 2 nitrogen and oxygen atoms in total. The van der Waals surface area contributed by atoms with E-state index in [0.717, 1.165) is 25.9 Å². The molecular weight excluding hydrogens is 256 g/mol. The maximum atomic E-state index is 3.60.